The van der Waals surface area contributed by atoms with Gasteiger partial charge in [0.05, 0.1) is 11.5 Å². The lowest BCUT2D eigenvalue weighted by atomic mass is 10.3. The van der Waals surface area contributed by atoms with E-state index in [1.165, 1.54) is 0 Å². The van der Waals surface area contributed by atoms with Crippen LogP contribution in [0.25, 0.3) is 0 Å². The van der Waals surface area contributed by atoms with Gasteiger partial charge < -0.3 is 10.5 Å². The summed E-state index contributed by atoms with van der Waals surface area (Å²) in [5.74, 6) is -0.146. The summed E-state index contributed by atoms with van der Waals surface area (Å²) in [4.78, 5) is -0.0305. The van der Waals surface area contributed by atoms with E-state index >= 15 is 0 Å². The van der Waals surface area contributed by atoms with E-state index in [4.69, 9.17) is 10.5 Å². The molecule has 0 bridgehead atoms. The summed E-state index contributed by atoms with van der Waals surface area (Å²) in [6.07, 6.45) is 0. The lowest BCUT2D eigenvalue weighted by Gasteiger charge is -2.08. The molecule has 0 amide bonds. The smallest absolute Gasteiger partial charge is 0.141 e. The molecule has 0 saturated heterocycles. The summed E-state index contributed by atoms with van der Waals surface area (Å²) >= 11 is 4.40. The maximum absolute atomic E-state index is 13.5. The standard InChI is InChI=1S/C14H12BrF2NOS/c15-9-2-1-3-11(6-9)19-4-5-20-14-12(16)7-10(18)8-13(14)17/h1-3,6-8H,4-5,18H2. The first kappa shape index (κ1) is 15.1. The first-order valence-electron chi connectivity index (χ1n) is 5.82. The van der Waals surface area contributed by atoms with E-state index in [9.17, 15) is 8.78 Å². The zero-order valence-electron chi connectivity index (χ0n) is 10.4. The zero-order valence-corrected chi connectivity index (χ0v) is 12.8. The minimum atomic E-state index is -0.644. The van der Waals surface area contributed by atoms with E-state index in [1.807, 2.05) is 24.3 Å². The summed E-state index contributed by atoms with van der Waals surface area (Å²) in [5, 5.41) is 0. The molecular formula is C14H12BrF2NOS. The predicted octanol–water partition coefficient (Wildman–Crippen LogP) is 4.48. The maximum atomic E-state index is 13.5. The quantitative estimate of drug-likeness (QED) is 0.485. The Bertz CT molecular complexity index is 586. The Morgan fingerprint density at radius 3 is 2.50 bits per heavy atom. The Morgan fingerprint density at radius 2 is 1.85 bits per heavy atom. The highest BCUT2D eigenvalue weighted by atomic mass is 79.9. The molecule has 0 aliphatic carbocycles. The molecule has 0 atom stereocenters. The normalized spacial score (nSPS) is 10.6. The van der Waals surface area contributed by atoms with Gasteiger partial charge in [0.25, 0.3) is 0 Å². The number of rotatable bonds is 5. The second kappa shape index (κ2) is 6.95. The molecule has 0 heterocycles. The van der Waals surface area contributed by atoms with Crippen LogP contribution in [0.2, 0.25) is 0 Å². The maximum Gasteiger partial charge on any atom is 0.141 e. The summed E-state index contributed by atoms with van der Waals surface area (Å²) in [6.45, 7) is 0.352. The van der Waals surface area contributed by atoms with Crippen molar-refractivity contribution in [1.82, 2.24) is 0 Å². The second-order valence-electron chi connectivity index (χ2n) is 3.97. The molecule has 0 saturated carbocycles. The van der Waals surface area contributed by atoms with E-state index in [0.29, 0.717) is 18.1 Å². The van der Waals surface area contributed by atoms with Crippen molar-refractivity contribution in [1.29, 1.82) is 0 Å². The number of hydrogen-bond donors (Lipinski definition) is 1. The summed E-state index contributed by atoms with van der Waals surface area (Å²) < 4.78 is 33.5. The predicted molar refractivity (Wildman–Crippen MR) is 81.1 cm³/mol. The summed E-state index contributed by atoms with van der Waals surface area (Å²) in [7, 11) is 0. The zero-order chi connectivity index (χ0) is 14.5. The Balaban J connectivity index is 1.88. The van der Waals surface area contributed by atoms with Gasteiger partial charge in [-0.1, -0.05) is 22.0 Å². The number of anilines is 1. The lowest BCUT2D eigenvalue weighted by Crippen LogP contribution is -2.01. The molecular weight excluding hydrogens is 348 g/mol. The highest BCUT2D eigenvalue weighted by Gasteiger charge is 2.10. The van der Waals surface area contributed by atoms with E-state index in [1.54, 1.807) is 0 Å². The lowest BCUT2D eigenvalue weighted by molar-refractivity contribution is 0.343. The molecule has 2 N–H and O–H groups in total. The molecule has 6 heteroatoms. The molecule has 0 radical (unpaired) electrons. The molecule has 20 heavy (non-hydrogen) atoms. The molecule has 0 unspecified atom stereocenters. The molecule has 2 nitrogen and oxygen atoms in total. The Morgan fingerprint density at radius 1 is 1.15 bits per heavy atom. The van der Waals surface area contributed by atoms with E-state index in [2.05, 4.69) is 15.9 Å². The van der Waals surface area contributed by atoms with Crippen LogP contribution >= 0.6 is 27.7 Å². The molecule has 0 fully saturated rings. The van der Waals surface area contributed by atoms with Crippen molar-refractivity contribution >= 4 is 33.4 Å². The minimum absolute atomic E-state index is 0.0305. The first-order chi connectivity index (χ1) is 9.56. The number of thioether (sulfide) groups is 1. The number of nitrogens with two attached hydrogens (primary N) is 1. The SMILES string of the molecule is Nc1cc(F)c(SCCOc2cccc(Br)c2)c(F)c1. The van der Waals surface area contributed by atoms with Crippen molar-refractivity contribution in [2.75, 3.05) is 18.1 Å². The molecule has 2 rings (SSSR count). The average molecular weight is 360 g/mol. The van der Waals surface area contributed by atoms with Crippen LogP contribution in [-0.2, 0) is 0 Å². The fourth-order valence-corrected chi connectivity index (χ4v) is 2.72. The van der Waals surface area contributed by atoms with Gasteiger partial charge in [0.2, 0.25) is 0 Å². The van der Waals surface area contributed by atoms with Crippen molar-refractivity contribution < 1.29 is 13.5 Å². The van der Waals surface area contributed by atoms with Gasteiger partial charge in [-0.15, -0.1) is 11.8 Å². The molecule has 2 aromatic rings. The Hall–Kier alpha value is -1.27. The van der Waals surface area contributed by atoms with Gasteiger partial charge in [0.15, 0.2) is 0 Å². The van der Waals surface area contributed by atoms with Crippen LogP contribution in [0.5, 0.6) is 5.75 Å². The van der Waals surface area contributed by atoms with Gasteiger partial charge in [-0.3, -0.25) is 0 Å². The highest BCUT2D eigenvalue weighted by Crippen LogP contribution is 2.27. The number of hydrogen-bond acceptors (Lipinski definition) is 3. The van der Waals surface area contributed by atoms with Crippen molar-refractivity contribution in [2.45, 2.75) is 4.90 Å². The van der Waals surface area contributed by atoms with Crippen molar-refractivity contribution in [3.63, 3.8) is 0 Å². The van der Waals surface area contributed by atoms with Crippen molar-refractivity contribution in [3.8, 4) is 5.75 Å². The summed E-state index contributed by atoms with van der Waals surface area (Å²) in [6, 6.07) is 9.61. The van der Waals surface area contributed by atoms with Crippen LogP contribution in [0.3, 0.4) is 0 Å². The minimum Gasteiger partial charge on any atom is -0.493 e. The Labute approximate surface area is 128 Å². The van der Waals surface area contributed by atoms with Crippen LogP contribution in [0.1, 0.15) is 0 Å². The first-order valence-corrected chi connectivity index (χ1v) is 7.60. The van der Waals surface area contributed by atoms with E-state index in [0.717, 1.165) is 28.4 Å². The van der Waals surface area contributed by atoms with E-state index in [-0.39, 0.29) is 10.6 Å². The monoisotopic (exact) mass is 359 g/mol. The van der Waals surface area contributed by atoms with Crippen LogP contribution in [0, 0.1) is 11.6 Å². The third-order valence-corrected chi connectivity index (χ3v) is 3.96. The van der Waals surface area contributed by atoms with Gasteiger partial charge in [-0.25, -0.2) is 8.78 Å². The largest absolute Gasteiger partial charge is 0.493 e. The fourth-order valence-electron chi connectivity index (χ4n) is 1.58. The number of benzene rings is 2. The van der Waals surface area contributed by atoms with Crippen LogP contribution in [-0.4, -0.2) is 12.4 Å². The number of ether oxygens (including phenoxy) is 1. The number of nitrogen functional groups attached to an aromatic ring is 1. The van der Waals surface area contributed by atoms with Gasteiger partial charge in [-0.2, -0.15) is 0 Å². The van der Waals surface area contributed by atoms with Crippen LogP contribution in [0.4, 0.5) is 14.5 Å². The third kappa shape index (κ3) is 4.11. The molecule has 2 aromatic carbocycles. The molecule has 0 aliphatic heterocycles. The fraction of sp³-hybridized carbons (Fsp3) is 0.143. The summed E-state index contributed by atoms with van der Waals surface area (Å²) in [5.41, 5.74) is 5.43. The van der Waals surface area contributed by atoms with Gasteiger partial charge in [0, 0.05) is 15.9 Å². The van der Waals surface area contributed by atoms with Crippen molar-refractivity contribution in [2.24, 2.45) is 0 Å². The van der Waals surface area contributed by atoms with Gasteiger partial charge >= 0.3 is 0 Å². The van der Waals surface area contributed by atoms with E-state index < -0.39 is 11.6 Å². The molecule has 0 aliphatic rings. The van der Waals surface area contributed by atoms with Crippen LogP contribution < -0.4 is 10.5 Å². The highest BCUT2D eigenvalue weighted by molar-refractivity contribution is 9.10. The topological polar surface area (TPSA) is 35.2 Å². The average Bonchev–Trinajstić information content (AvgIpc) is 2.36. The molecule has 0 spiro atoms. The van der Waals surface area contributed by atoms with Crippen molar-refractivity contribution in [3.05, 3.63) is 52.5 Å². The number of halogens is 3. The van der Waals surface area contributed by atoms with Gasteiger partial charge in [0.1, 0.15) is 17.4 Å². The molecule has 0 aromatic heterocycles. The molecule has 106 valence electrons. The van der Waals surface area contributed by atoms with Gasteiger partial charge in [-0.05, 0) is 30.3 Å². The van der Waals surface area contributed by atoms with Crippen LogP contribution in [0.15, 0.2) is 45.8 Å². The Kier molecular flexibility index (Phi) is 5.25. The third-order valence-electron chi connectivity index (χ3n) is 2.42. The second-order valence-corrected chi connectivity index (χ2v) is 5.99.